The van der Waals surface area contributed by atoms with Crippen LogP contribution in [0.25, 0.3) is 11.0 Å². The fourth-order valence-electron chi connectivity index (χ4n) is 4.07. The molecular weight excluding hydrogens is 476 g/mol. The lowest BCUT2D eigenvalue weighted by molar-refractivity contribution is 0.0757. The van der Waals surface area contributed by atoms with Gasteiger partial charge in [0.2, 0.25) is 4.80 Å². The van der Waals surface area contributed by atoms with E-state index in [9.17, 15) is 0 Å². The third-order valence-corrected chi connectivity index (χ3v) is 9.15. The Morgan fingerprint density at radius 3 is 2.71 bits per heavy atom. The van der Waals surface area contributed by atoms with Gasteiger partial charge in [0, 0.05) is 41.3 Å². The van der Waals surface area contributed by atoms with Crippen LogP contribution in [0.4, 0.5) is 11.5 Å². The predicted octanol–water partition coefficient (Wildman–Crippen LogP) is 5.17. The molecule has 190 valence electrons. The van der Waals surface area contributed by atoms with Gasteiger partial charge in [-0.1, -0.05) is 43.8 Å². The Hall–Kier alpha value is -2.14. The van der Waals surface area contributed by atoms with Gasteiger partial charge in [-0.25, -0.2) is 9.67 Å². The van der Waals surface area contributed by atoms with E-state index in [1.54, 1.807) is 18.4 Å². The van der Waals surface area contributed by atoms with Gasteiger partial charge in [-0.05, 0) is 37.1 Å². The summed E-state index contributed by atoms with van der Waals surface area (Å²) in [4.78, 5) is 17.3. The average Bonchev–Trinajstić information content (AvgIpc) is 3.49. The monoisotopic (exact) mass is 514 g/mol. The van der Waals surface area contributed by atoms with Crippen molar-refractivity contribution in [1.29, 1.82) is 0 Å². The molecule has 3 heterocycles. The van der Waals surface area contributed by atoms with E-state index in [0.717, 1.165) is 40.7 Å². The molecule has 0 N–H and O–H groups in total. The highest BCUT2D eigenvalue weighted by Crippen LogP contribution is 2.34. The molecule has 1 aliphatic carbocycles. The van der Waals surface area contributed by atoms with Gasteiger partial charge in [0.1, 0.15) is 11.7 Å². The van der Waals surface area contributed by atoms with Crippen LogP contribution in [-0.2, 0) is 16.2 Å². The van der Waals surface area contributed by atoms with Crippen LogP contribution in [0.15, 0.2) is 29.4 Å². The summed E-state index contributed by atoms with van der Waals surface area (Å²) in [5, 5.41) is 6.09. The maximum absolute atomic E-state index is 6.03. The molecule has 0 radical (unpaired) electrons. The summed E-state index contributed by atoms with van der Waals surface area (Å²) in [6, 6.07) is 7.10. The molecule has 35 heavy (non-hydrogen) atoms. The smallest absolute Gasteiger partial charge is 0.211 e. The van der Waals surface area contributed by atoms with E-state index >= 15 is 0 Å². The molecule has 1 fully saturated rings. The lowest BCUT2D eigenvalue weighted by Gasteiger charge is -2.18. The first-order valence-electron chi connectivity index (χ1n) is 12.5. The van der Waals surface area contributed by atoms with Crippen molar-refractivity contribution in [3.63, 3.8) is 0 Å². The summed E-state index contributed by atoms with van der Waals surface area (Å²) in [7, 11) is 2.61. The van der Waals surface area contributed by atoms with Crippen LogP contribution in [0.1, 0.15) is 36.6 Å². The second kappa shape index (κ2) is 11.7. The van der Waals surface area contributed by atoms with Crippen molar-refractivity contribution in [1.82, 2.24) is 19.7 Å². The van der Waals surface area contributed by atoms with Crippen molar-refractivity contribution < 1.29 is 9.47 Å². The SMILES string of the molecule is COCCN(C)c1cnc2ccc(/N=c3\sc(C4CCCC4)nn3COCC[Si](C)(C)C)nc2c1. The Kier molecular flexibility index (Phi) is 8.69. The van der Waals surface area contributed by atoms with Gasteiger partial charge < -0.3 is 14.4 Å². The molecule has 0 spiro atoms. The summed E-state index contributed by atoms with van der Waals surface area (Å²) in [5.41, 5.74) is 2.68. The molecule has 10 heteroatoms. The normalized spacial score (nSPS) is 15.4. The molecule has 8 nitrogen and oxygen atoms in total. The fourth-order valence-corrected chi connectivity index (χ4v) is 5.90. The first-order chi connectivity index (χ1) is 16.8. The Bertz CT molecular complexity index is 1180. The van der Waals surface area contributed by atoms with E-state index in [1.807, 2.05) is 30.1 Å². The zero-order chi connectivity index (χ0) is 24.8. The minimum Gasteiger partial charge on any atom is -0.383 e. The largest absolute Gasteiger partial charge is 0.383 e. The van der Waals surface area contributed by atoms with Gasteiger partial charge in [-0.3, -0.25) is 4.98 Å². The van der Waals surface area contributed by atoms with Crippen LogP contribution in [0.5, 0.6) is 0 Å². The second-order valence-corrected chi connectivity index (χ2v) is 17.1. The van der Waals surface area contributed by atoms with E-state index < -0.39 is 8.07 Å². The number of nitrogens with zero attached hydrogens (tertiary/aromatic N) is 6. The lowest BCUT2D eigenvalue weighted by atomic mass is 10.1. The summed E-state index contributed by atoms with van der Waals surface area (Å²) in [5.74, 6) is 1.20. The molecule has 0 atom stereocenters. The number of fused-ring (bicyclic) bond motifs is 1. The Morgan fingerprint density at radius 1 is 1.17 bits per heavy atom. The minimum atomic E-state index is -1.13. The van der Waals surface area contributed by atoms with Crippen LogP contribution in [0.3, 0.4) is 0 Å². The van der Waals surface area contributed by atoms with Crippen LogP contribution in [-0.4, -0.2) is 61.7 Å². The van der Waals surface area contributed by atoms with Gasteiger partial charge in [-0.15, -0.1) is 0 Å². The van der Waals surface area contributed by atoms with Crippen molar-refractivity contribution in [3.05, 3.63) is 34.2 Å². The molecule has 0 aromatic carbocycles. The highest BCUT2D eigenvalue weighted by Gasteiger charge is 2.21. The van der Waals surface area contributed by atoms with Gasteiger partial charge in [0.05, 0.1) is 29.5 Å². The number of hydrogen-bond acceptors (Lipinski definition) is 8. The maximum Gasteiger partial charge on any atom is 0.211 e. The van der Waals surface area contributed by atoms with Crippen molar-refractivity contribution in [2.45, 2.75) is 64.0 Å². The van der Waals surface area contributed by atoms with E-state index in [4.69, 9.17) is 24.5 Å². The molecule has 0 saturated heterocycles. The molecule has 4 rings (SSSR count). The minimum absolute atomic E-state index is 0.427. The first kappa shape index (κ1) is 25.9. The van der Waals surface area contributed by atoms with Crippen LogP contribution in [0.2, 0.25) is 25.7 Å². The Balaban J connectivity index is 1.61. The van der Waals surface area contributed by atoms with Crippen molar-refractivity contribution in [2.24, 2.45) is 4.99 Å². The van der Waals surface area contributed by atoms with Crippen LogP contribution in [0, 0.1) is 0 Å². The molecule has 0 amide bonds. The highest BCUT2D eigenvalue weighted by molar-refractivity contribution is 7.08. The Labute approximate surface area is 213 Å². The third kappa shape index (κ3) is 7.19. The standard InChI is InChI=1S/C25H38N6O2SSi/c1-30(12-13-32-2)20-16-22-21(26-17-20)10-11-23(27-22)28-25-31(18-33-14-15-35(3,4)5)29-24(34-25)19-8-6-7-9-19/h10-11,16-17,19H,6-9,12-15,18H2,1-5H3/b28-25-. The summed E-state index contributed by atoms with van der Waals surface area (Å²) >= 11 is 1.67. The molecule has 1 aliphatic rings. The molecule has 3 aromatic heterocycles. The molecule has 1 saturated carbocycles. The predicted molar refractivity (Wildman–Crippen MR) is 145 cm³/mol. The molecular formula is C25H38N6O2SSi. The number of likely N-dealkylation sites (N-methyl/N-ethyl adjacent to an activating group) is 1. The van der Waals surface area contributed by atoms with Gasteiger partial charge in [0.15, 0.2) is 5.82 Å². The number of aromatic nitrogens is 4. The first-order valence-corrected chi connectivity index (χ1v) is 17.0. The number of ether oxygens (including phenoxy) is 2. The zero-order valence-electron chi connectivity index (χ0n) is 21.7. The van der Waals surface area contributed by atoms with E-state index in [0.29, 0.717) is 25.1 Å². The fraction of sp³-hybridized carbons (Fsp3) is 0.600. The van der Waals surface area contributed by atoms with Gasteiger partial charge >= 0.3 is 0 Å². The van der Waals surface area contributed by atoms with Crippen molar-refractivity contribution in [3.8, 4) is 0 Å². The average molecular weight is 515 g/mol. The molecule has 0 bridgehead atoms. The second-order valence-electron chi connectivity index (χ2n) is 10.5. The summed E-state index contributed by atoms with van der Waals surface area (Å²) in [6.07, 6.45) is 6.86. The third-order valence-electron chi connectivity index (χ3n) is 6.34. The number of anilines is 1. The topological polar surface area (TPSA) is 77.7 Å². The molecule has 0 unspecified atom stereocenters. The van der Waals surface area contributed by atoms with Crippen LogP contribution >= 0.6 is 11.3 Å². The van der Waals surface area contributed by atoms with Crippen molar-refractivity contribution in [2.75, 3.05) is 38.8 Å². The number of hydrogen-bond donors (Lipinski definition) is 0. The Morgan fingerprint density at radius 2 is 1.97 bits per heavy atom. The lowest BCUT2D eigenvalue weighted by Crippen LogP contribution is -2.24. The number of rotatable bonds is 11. The summed E-state index contributed by atoms with van der Waals surface area (Å²) < 4.78 is 13.1. The van der Waals surface area contributed by atoms with E-state index in [2.05, 4.69) is 35.6 Å². The van der Waals surface area contributed by atoms with Gasteiger partial charge in [-0.2, -0.15) is 10.1 Å². The van der Waals surface area contributed by atoms with E-state index in [1.165, 1.54) is 30.7 Å². The number of methoxy groups -OCH3 is 1. The quantitative estimate of drug-likeness (QED) is 0.259. The molecule has 3 aromatic rings. The van der Waals surface area contributed by atoms with Gasteiger partial charge in [0.25, 0.3) is 0 Å². The van der Waals surface area contributed by atoms with Crippen molar-refractivity contribution >= 4 is 41.9 Å². The van der Waals surface area contributed by atoms with Crippen LogP contribution < -0.4 is 9.70 Å². The number of pyridine rings is 2. The van der Waals surface area contributed by atoms with E-state index in [-0.39, 0.29) is 0 Å². The summed E-state index contributed by atoms with van der Waals surface area (Å²) in [6.45, 7) is 9.74. The molecule has 0 aliphatic heterocycles. The highest BCUT2D eigenvalue weighted by atomic mass is 32.1. The maximum atomic E-state index is 6.03. The zero-order valence-corrected chi connectivity index (χ0v) is 23.5.